The van der Waals surface area contributed by atoms with Gasteiger partial charge in [0.15, 0.2) is 5.82 Å². The highest BCUT2D eigenvalue weighted by molar-refractivity contribution is 6.33. The maximum absolute atomic E-state index is 14.2. The van der Waals surface area contributed by atoms with Gasteiger partial charge in [-0.1, -0.05) is 35.9 Å². The van der Waals surface area contributed by atoms with Gasteiger partial charge in [0.25, 0.3) is 0 Å². The average molecular weight is 316 g/mol. The van der Waals surface area contributed by atoms with Gasteiger partial charge in [-0.2, -0.15) is 0 Å². The number of fused-ring (bicyclic) bond motifs is 1. The Hall–Kier alpha value is -2.46. The number of rotatable bonds is 2. The molecule has 3 rings (SSSR count). The van der Waals surface area contributed by atoms with Gasteiger partial charge < -0.3 is 4.74 Å². The quantitative estimate of drug-likeness (QED) is 0.654. The normalized spacial score (nSPS) is 10.7. The molecule has 0 saturated carbocycles. The molecular formula is C17H11ClFNO2. The highest BCUT2D eigenvalue weighted by atomic mass is 35.5. The highest BCUT2D eigenvalue weighted by Crippen LogP contribution is 2.35. The minimum Gasteiger partial charge on any atom is -0.465 e. The zero-order valence-corrected chi connectivity index (χ0v) is 12.4. The zero-order valence-electron chi connectivity index (χ0n) is 11.6. The lowest BCUT2D eigenvalue weighted by atomic mass is 9.97. The predicted octanol–water partition coefficient (Wildman–Crippen LogP) is 4.48. The van der Waals surface area contributed by atoms with Crippen molar-refractivity contribution in [2.75, 3.05) is 7.11 Å². The number of halogens is 2. The molecule has 0 unspecified atom stereocenters. The van der Waals surface area contributed by atoms with E-state index < -0.39 is 11.8 Å². The molecule has 0 spiro atoms. The summed E-state index contributed by atoms with van der Waals surface area (Å²) in [5.74, 6) is -0.957. The second-order valence-corrected chi connectivity index (χ2v) is 5.12. The number of pyridine rings is 1. The molecule has 1 heterocycles. The van der Waals surface area contributed by atoms with Gasteiger partial charge >= 0.3 is 5.97 Å². The fraction of sp³-hybridized carbons (Fsp3) is 0.0588. The maximum Gasteiger partial charge on any atom is 0.337 e. The third-order valence-corrected chi connectivity index (χ3v) is 3.71. The second kappa shape index (κ2) is 5.73. The summed E-state index contributed by atoms with van der Waals surface area (Å²) in [4.78, 5) is 15.4. The van der Waals surface area contributed by atoms with E-state index in [1.807, 2.05) is 12.1 Å². The number of esters is 1. The van der Waals surface area contributed by atoms with Crippen LogP contribution in [0.1, 0.15) is 10.4 Å². The summed E-state index contributed by atoms with van der Waals surface area (Å²) in [5, 5.41) is 1.81. The van der Waals surface area contributed by atoms with Crippen LogP contribution in [0, 0.1) is 5.82 Å². The molecule has 0 aliphatic rings. The molecule has 3 nitrogen and oxygen atoms in total. The number of ether oxygens (including phenoxy) is 1. The van der Waals surface area contributed by atoms with Crippen LogP contribution in [-0.2, 0) is 4.74 Å². The van der Waals surface area contributed by atoms with Crippen LogP contribution in [0.4, 0.5) is 4.39 Å². The van der Waals surface area contributed by atoms with Crippen molar-refractivity contribution in [3.63, 3.8) is 0 Å². The zero-order chi connectivity index (χ0) is 15.7. The Kier molecular flexibility index (Phi) is 3.77. The first-order valence-electron chi connectivity index (χ1n) is 6.52. The molecule has 0 fully saturated rings. The summed E-state index contributed by atoms with van der Waals surface area (Å²) >= 11 is 6.10. The molecule has 0 saturated heterocycles. The third kappa shape index (κ3) is 2.42. The largest absolute Gasteiger partial charge is 0.465 e. The van der Waals surface area contributed by atoms with Crippen molar-refractivity contribution in [1.82, 2.24) is 4.98 Å². The Bertz CT molecular complexity index is 859. The van der Waals surface area contributed by atoms with Crippen LogP contribution < -0.4 is 0 Å². The Morgan fingerprint density at radius 3 is 2.77 bits per heavy atom. The standard InChI is InChI=1S/C17H11ClFNO2/c1-22-17(21)11-6-5-10-3-2-4-12(13(10)7-11)16-14(18)8-20-9-15(16)19/h2-9H,1H3. The number of methoxy groups -OCH3 is 1. The SMILES string of the molecule is COC(=O)c1ccc2cccc(-c3c(F)cncc3Cl)c2c1. The molecule has 110 valence electrons. The van der Waals surface area contributed by atoms with E-state index in [0.29, 0.717) is 11.1 Å². The van der Waals surface area contributed by atoms with E-state index in [4.69, 9.17) is 16.3 Å². The maximum atomic E-state index is 14.2. The average Bonchev–Trinajstić information content (AvgIpc) is 2.53. The molecule has 5 heteroatoms. The molecule has 22 heavy (non-hydrogen) atoms. The Morgan fingerprint density at radius 1 is 1.23 bits per heavy atom. The van der Waals surface area contributed by atoms with Crippen molar-refractivity contribution >= 4 is 28.3 Å². The van der Waals surface area contributed by atoms with E-state index in [-0.39, 0.29) is 10.6 Å². The van der Waals surface area contributed by atoms with Crippen molar-refractivity contribution in [3.05, 3.63) is 65.2 Å². The third-order valence-electron chi connectivity index (χ3n) is 3.43. The minimum atomic E-state index is -0.511. The van der Waals surface area contributed by atoms with Gasteiger partial charge in [0.05, 0.1) is 23.9 Å². The topological polar surface area (TPSA) is 39.2 Å². The van der Waals surface area contributed by atoms with E-state index in [2.05, 4.69) is 4.98 Å². The summed E-state index contributed by atoms with van der Waals surface area (Å²) in [6.45, 7) is 0. The first-order chi connectivity index (χ1) is 10.6. The molecule has 0 amide bonds. The van der Waals surface area contributed by atoms with E-state index >= 15 is 0 Å². The summed E-state index contributed by atoms with van der Waals surface area (Å²) in [6, 6.07) is 10.6. The van der Waals surface area contributed by atoms with Gasteiger partial charge in [0, 0.05) is 11.8 Å². The monoisotopic (exact) mass is 315 g/mol. The van der Waals surface area contributed by atoms with Crippen LogP contribution in [0.3, 0.4) is 0 Å². The molecule has 0 N–H and O–H groups in total. The van der Waals surface area contributed by atoms with Gasteiger partial charge in [0.1, 0.15) is 0 Å². The molecule has 3 aromatic rings. The number of nitrogens with zero attached hydrogens (tertiary/aromatic N) is 1. The molecule has 0 aliphatic heterocycles. The molecule has 0 aliphatic carbocycles. The first-order valence-corrected chi connectivity index (χ1v) is 6.90. The summed E-state index contributed by atoms with van der Waals surface area (Å²) in [7, 11) is 1.32. The van der Waals surface area contributed by atoms with Crippen LogP contribution in [0.2, 0.25) is 5.02 Å². The lowest BCUT2D eigenvalue weighted by molar-refractivity contribution is 0.0601. The smallest absolute Gasteiger partial charge is 0.337 e. The number of benzene rings is 2. The first kappa shape index (κ1) is 14.5. The summed E-state index contributed by atoms with van der Waals surface area (Å²) in [6.07, 6.45) is 2.51. The number of hydrogen-bond acceptors (Lipinski definition) is 3. The number of hydrogen-bond donors (Lipinski definition) is 0. The van der Waals surface area contributed by atoms with Gasteiger partial charge in [-0.15, -0.1) is 0 Å². The van der Waals surface area contributed by atoms with Crippen molar-refractivity contribution in [1.29, 1.82) is 0 Å². The van der Waals surface area contributed by atoms with E-state index in [0.717, 1.165) is 17.0 Å². The highest BCUT2D eigenvalue weighted by Gasteiger charge is 2.14. The molecular weight excluding hydrogens is 305 g/mol. The second-order valence-electron chi connectivity index (χ2n) is 4.71. The fourth-order valence-corrected chi connectivity index (χ4v) is 2.65. The Morgan fingerprint density at radius 2 is 2.05 bits per heavy atom. The number of aromatic nitrogens is 1. The molecule has 1 aromatic heterocycles. The lowest BCUT2D eigenvalue weighted by Gasteiger charge is -2.10. The van der Waals surface area contributed by atoms with Crippen molar-refractivity contribution in [3.8, 4) is 11.1 Å². The van der Waals surface area contributed by atoms with Crippen LogP contribution >= 0.6 is 11.6 Å². The molecule has 0 bridgehead atoms. The Labute approximate surface area is 131 Å². The molecule has 2 aromatic carbocycles. The fourth-order valence-electron chi connectivity index (χ4n) is 2.40. The Balaban J connectivity index is 2.32. The predicted molar refractivity (Wildman–Crippen MR) is 83.5 cm³/mol. The minimum absolute atomic E-state index is 0.218. The van der Waals surface area contributed by atoms with Crippen molar-refractivity contribution < 1.29 is 13.9 Å². The van der Waals surface area contributed by atoms with Crippen LogP contribution in [-0.4, -0.2) is 18.1 Å². The molecule has 0 atom stereocenters. The van der Waals surface area contributed by atoms with Crippen molar-refractivity contribution in [2.45, 2.75) is 0 Å². The van der Waals surface area contributed by atoms with E-state index in [1.165, 1.54) is 13.3 Å². The summed E-state index contributed by atoms with van der Waals surface area (Å²) in [5.41, 5.74) is 1.27. The summed E-state index contributed by atoms with van der Waals surface area (Å²) < 4.78 is 18.9. The number of carbonyl (C=O) groups is 1. The molecule has 0 radical (unpaired) electrons. The van der Waals surface area contributed by atoms with E-state index in [9.17, 15) is 9.18 Å². The van der Waals surface area contributed by atoms with Crippen LogP contribution in [0.25, 0.3) is 21.9 Å². The van der Waals surface area contributed by atoms with Gasteiger partial charge in [-0.25, -0.2) is 9.18 Å². The van der Waals surface area contributed by atoms with Gasteiger partial charge in [-0.3, -0.25) is 4.98 Å². The van der Waals surface area contributed by atoms with Gasteiger partial charge in [0.2, 0.25) is 0 Å². The van der Waals surface area contributed by atoms with Crippen LogP contribution in [0.15, 0.2) is 48.8 Å². The number of carbonyl (C=O) groups excluding carboxylic acids is 1. The van der Waals surface area contributed by atoms with Crippen LogP contribution in [0.5, 0.6) is 0 Å². The van der Waals surface area contributed by atoms with Gasteiger partial charge in [-0.05, 0) is 28.5 Å². The van der Waals surface area contributed by atoms with Crippen molar-refractivity contribution in [2.24, 2.45) is 0 Å². The van der Waals surface area contributed by atoms with E-state index in [1.54, 1.807) is 24.3 Å². The lowest BCUT2D eigenvalue weighted by Crippen LogP contribution is -2.01.